The molecule has 0 spiro atoms. The van der Waals surface area contributed by atoms with Crippen LogP contribution in [0.4, 0.5) is 5.13 Å². The molecular weight excluding hydrogens is 258 g/mol. The van der Waals surface area contributed by atoms with Gasteiger partial charge in [-0.05, 0) is 13.3 Å². The summed E-state index contributed by atoms with van der Waals surface area (Å²) in [6.07, 6.45) is 0.676. The molecule has 1 unspecified atom stereocenters. The SMILES string of the molecule is CC(N)c1csc(N2CCCS(=O)(=O)CC2)n1. The number of sulfone groups is 1. The van der Waals surface area contributed by atoms with Crippen molar-refractivity contribution in [1.82, 2.24) is 4.98 Å². The van der Waals surface area contributed by atoms with Gasteiger partial charge in [-0.25, -0.2) is 13.4 Å². The van der Waals surface area contributed by atoms with Gasteiger partial charge in [0.15, 0.2) is 15.0 Å². The highest BCUT2D eigenvalue weighted by molar-refractivity contribution is 7.91. The first-order chi connectivity index (χ1) is 7.98. The fourth-order valence-electron chi connectivity index (χ4n) is 1.76. The zero-order valence-electron chi connectivity index (χ0n) is 9.80. The molecule has 0 amide bonds. The van der Waals surface area contributed by atoms with Crippen LogP contribution in [0.2, 0.25) is 0 Å². The second kappa shape index (κ2) is 4.91. The Kier molecular flexibility index (Phi) is 3.70. The molecule has 1 aliphatic heterocycles. The van der Waals surface area contributed by atoms with Gasteiger partial charge in [-0.3, -0.25) is 0 Å². The molecule has 0 aromatic carbocycles. The van der Waals surface area contributed by atoms with Crippen LogP contribution in [0.25, 0.3) is 0 Å². The van der Waals surface area contributed by atoms with E-state index in [-0.39, 0.29) is 17.5 Å². The number of nitrogens with two attached hydrogens (primary N) is 1. The third kappa shape index (κ3) is 3.17. The summed E-state index contributed by atoms with van der Waals surface area (Å²) in [6.45, 7) is 3.19. The van der Waals surface area contributed by atoms with Crippen molar-refractivity contribution in [2.45, 2.75) is 19.4 Å². The highest BCUT2D eigenvalue weighted by atomic mass is 32.2. The Labute approximate surface area is 106 Å². The average Bonchev–Trinajstić information content (AvgIpc) is 2.65. The molecule has 2 N–H and O–H groups in total. The molecule has 96 valence electrons. The standard InChI is InChI=1S/C10H17N3O2S2/c1-8(11)9-7-16-10(12-9)13-3-2-5-17(14,15)6-4-13/h7-8H,2-6,11H2,1H3. The maximum Gasteiger partial charge on any atom is 0.185 e. The number of anilines is 1. The van der Waals surface area contributed by atoms with E-state index in [1.165, 1.54) is 11.3 Å². The minimum absolute atomic E-state index is 0.0734. The van der Waals surface area contributed by atoms with Crippen molar-refractivity contribution in [3.63, 3.8) is 0 Å². The topological polar surface area (TPSA) is 76.3 Å². The van der Waals surface area contributed by atoms with Crippen LogP contribution in [0.5, 0.6) is 0 Å². The van der Waals surface area contributed by atoms with Gasteiger partial charge in [0.05, 0.1) is 17.2 Å². The zero-order valence-corrected chi connectivity index (χ0v) is 11.4. The van der Waals surface area contributed by atoms with Crippen molar-refractivity contribution in [2.24, 2.45) is 5.73 Å². The van der Waals surface area contributed by atoms with Crippen LogP contribution in [-0.2, 0) is 9.84 Å². The zero-order chi connectivity index (χ0) is 12.5. The van der Waals surface area contributed by atoms with E-state index in [2.05, 4.69) is 4.98 Å². The number of thiazole rings is 1. The van der Waals surface area contributed by atoms with E-state index in [1.807, 2.05) is 17.2 Å². The first-order valence-electron chi connectivity index (χ1n) is 5.64. The van der Waals surface area contributed by atoms with E-state index >= 15 is 0 Å². The van der Waals surface area contributed by atoms with Gasteiger partial charge in [-0.2, -0.15) is 0 Å². The maximum absolute atomic E-state index is 11.5. The first kappa shape index (κ1) is 12.8. The quantitative estimate of drug-likeness (QED) is 0.863. The predicted octanol–water partition coefficient (Wildman–Crippen LogP) is 0.788. The molecule has 5 nitrogen and oxygen atoms in total. The smallest absolute Gasteiger partial charge is 0.185 e. The molecule has 1 saturated heterocycles. The lowest BCUT2D eigenvalue weighted by Gasteiger charge is -2.18. The van der Waals surface area contributed by atoms with E-state index < -0.39 is 9.84 Å². The molecule has 0 saturated carbocycles. The van der Waals surface area contributed by atoms with Crippen LogP contribution in [0.1, 0.15) is 25.1 Å². The minimum Gasteiger partial charge on any atom is -0.347 e. The van der Waals surface area contributed by atoms with Gasteiger partial charge in [0, 0.05) is 24.5 Å². The van der Waals surface area contributed by atoms with Gasteiger partial charge < -0.3 is 10.6 Å². The molecule has 0 radical (unpaired) electrons. The molecular formula is C10H17N3O2S2. The monoisotopic (exact) mass is 275 g/mol. The van der Waals surface area contributed by atoms with Crippen molar-refractivity contribution in [3.8, 4) is 0 Å². The lowest BCUT2D eigenvalue weighted by molar-refractivity contribution is 0.597. The summed E-state index contributed by atoms with van der Waals surface area (Å²) in [5, 5.41) is 2.83. The van der Waals surface area contributed by atoms with Gasteiger partial charge in [-0.1, -0.05) is 0 Å². The van der Waals surface area contributed by atoms with Gasteiger partial charge in [0.1, 0.15) is 0 Å². The first-order valence-corrected chi connectivity index (χ1v) is 8.34. The fourth-order valence-corrected chi connectivity index (χ4v) is 4.02. The summed E-state index contributed by atoms with van der Waals surface area (Å²) in [5.41, 5.74) is 6.63. The Hall–Kier alpha value is -0.660. The van der Waals surface area contributed by atoms with E-state index in [1.54, 1.807) is 0 Å². The number of rotatable bonds is 2. The Bertz CT molecular complexity index is 481. The summed E-state index contributed by atoms with van der Waals surface area (Å²) in [5.74, 6) is 0.509. The van der Waals surface area contributed by atoms with E-state index in [9.17, 15) is 8.42 Å². The van der Waals surface area contributed by atoms with Gasteiger partial charge in [0.25, 0.3) is 0 Å². The summed E-state index contributed by atoms with van der Waals surface area (Å²) in [4.78, 5) is 6.49. The van der Waals surface area contributed by atoms with Crippen molar-refractivity contribution < 1.29 is 8.42 Å². The molecule has 1 atom stereocenters. The van der Waals surface area contributed by atoms with Crippen LogP contribution in [0.3, 0.4) is 0 Å². The number of nitrogens with zero attached hydrogens (tertiary/aromatic N) is 2. The molecule has 1 fully saturated rings. The van der Waals surface area contributed by atoms with Gasteiger partial charge in [-0.15, -0.1) is 11.3 Å². The Balaban J connectivity index is 2.11. The van der Waals surface area contributed by atoms with Crippen molar-refractivity contribution in [3.05, 3.63) is 11.1 Å². The molecule has 1 aromatic rings. The minimum atomic E-state index is -2.86. The lowest BCUT2D eigenvalue weighted by atomic mass is 10.3. The summed E-state index contributed by atoms with van der Waals surface area (Å²) in [7, 11) is -2.86. The van der Waals surface area contributed by atoms with Crippen molar-refractivity contribution >= 4 is 26.3 Å². The van der Waals surface area contributed by atoms with E-state index in [4.69, 9.17) is 5.73 Å². The number of hydrogen-bond donors (Lipinski definition) is 1. The highest BCUT2D eigenvalue weighted by Crippen LogP contribution is 2.24. The van der Waals surface area contributed by atoms with Crippen molar-refractivity contribution in [1.29, 1.82) is 0 Å². The van der Waals surface area contributed by atoms with Crippen LogP contribution >= 0.6 is 11.3 Å². The molecule has 1 aromatic heterocycles. The van der Waals surface area contributed by atoms with Gasteiger partial charge in [0.2, 0.25) is 0 Å². The number of hydrogen-bond acceptors (Lipinski definition) is 6. The predicted molar refractivity (Wildman–Crippen MR) is 70.2 cm³/mol. The van der Waals surface area contributed by atoms with E-state index in [0.29, 0.717) is 13.0 Å². The molecule has 17 heavy (non-hydrogen) atoms. The average molecular weight is 275 g/mol. The Morgan fingerprint density at radius 2 is 2.24 bits per heavy atom. The van der Waals surface area contributed by atoms with Crippen LogP contribution < -0.4 is 10.6 Å². The Morgan fingerprint density at radius 3 is 2.88 bits per heavy atom. The molecule has 2 heterocycles. The third-order valence-corrected chi connectivity index (χ3v) is 5.44. The fraction of sp³-hybridized carbons (Fsp3) is 0.700. The summed E-state index contributed by atoms with van der Waals surface area (Å²) in [6, 6.07) is -0.0734. The molecule has 1 aliphatic rings. The largest absolute Gasteiger partial charge is 0.347 e. The lowest BCUT2D eigenvalue weighted by Crippen LogP contribution is -2.26. The van der Waals surface area contributed by atoms with Crippen molar-refractivity contribution in [2.75, 3.05) is 29.5 Å². The molecule has 7 heteroatoms. The summed E-state index contributed by atoms with van der Waals surface area (Å²) >= 11 is 1.53. The maximum atomic E-state index is 11.5. The molecule has 0 aliphatic carbocycles. The second-order valence-corrected chi connectivity index (χ2v) is 7.48. The number of aromatic nitrogens is 1. The molecule has 2 rings (SSSR count). The summed E-state index contributed by atoms with van der Waals surface area (Å²) < 4.78 is 23.0. The van der Waals surface area contributed by atoms with Crippen LogP contribution in [0, 0.1) is 0 Å². The normalized spacial score (nSPS) is 22.1. The Morgan fingerprint density at radius 1 is 1.47 bits per heavy atom. The van der Waals surface area contributed by atoms with Crippen LogP contribution in [0.15, 0.2) is 5.38 Å². The third-order valence-electron chi connectivity index (χ3n) is 2.80. The second-order valence-electron chi connectivity index (χ2n) is 4.34. The van der Waals surface area contributed by atoms with Gasteiger partial charge >= 0.3 is 0 Å². The van der Waals surface area contributed by atoms with E-state index in [0.717, 1.165) is 17.4 Å². The highest BCUT2D eigenvalue weighted by Gasteiger charge is 2.21. The van der Waals surface area contributed by atoms with Crippen LogP contribution in [-0.4, -0.2) is 38.0 Å². The molecule has 0 bridgehead atoms.